The summed E-state index contributed by atoms with van der Waals surface area (Å²) in [5, 5.41) is 9.61. The van der Waals surface area contributed by atoms with Gasteiger partial charge in [-0.05, 0) is 25.7 Å². The summed E-state index contributed by atoms with van der Waals surface area (Å²) >= 11 is 0. The topological polar surface area (TPSA) is 47.3 Å². The molecular weight excluding hydrogens is 216 g/mol. The predicted molar refractivity (Wildman–Crippen MR) is 63.8 cm³/mol. The van der Waals surface area contributed by atoms with Gasteiger partial charge in [-0.1, -0.05) is 0 Å². The maximum atomic E-state index is 9.61. The van der Waals surface area contributed by atoms with Crippen LogP contribution in [0.25, 0.3) is 0 Å². The van der Waals surface area contributed by atoms with Gasteiger partial charge in [0.25, 0.3) is 0 Å². The molecule has 2 aliphatic rings. The Morgan fingerprint density at radius 2 is 2.35 bits per heavy atom. The molecule has 0 aliphatic carbocycles. The highest BCUT2D eigenvalue weighted by Gasteiger charge is 2.21. The molecule has 0 bridgehead atoms. The zero-order valence-corrected chi connectivity index (χ0v) is 10.1. The van der Waals surface area contributed by atoms with Crippen molar-refractivity contribution in [1.82, 2.24) is 9.55 Å². The monoisotopic (exact) mass is 236 g/mol. The lowest BCUT2D eigenvalue weighted by Crippen LogP contribution is -2.22. The lowest BCUT2D eigenvalue weighted by atomic mass is 10.1. The van der Waals surface area contributed by atoms with Gasteiger partial charge in [0, 0.05) is 32.2 Å². The van der Waals surface area contributed by atoms with Crippen molar-refractivity contribution < 1.29 is 9.84 Å². The minimum Gasteiger partial charge on any atom is -0.393 e. The number of fused-ring (bicyclic) bond motifs is 1. The van der Waals surface area contributed by atoms with Crippen molar-refractivity contribution in [3.63, 3.8) is 0 Å². The van der Waals surface area contributed by atoms with Crippen LogP contribution in [0.2, 0.25) is 0 Å². The standard InChI is InChI=1S/C13H20N2O2/c16-11-4-5-15-9-10(14-13(15)8-11)7-12-3-1-2-6-17-12/h9,11-12,16H,1-8H2. The van der Waals surface area contributed by atoms with Gasteiger partial charge in [0.05, 0.1) is 17.9 Å². The molecule has 3 heterocycles. The molecule has 1 saturated heterocycles. The molecule has 94 valence electrons. The number of ether oxygens (including phenoxy) is 1. The van der Waals surface area contributed by atoms with Crippen molar-refractivity contribution in [3.05, 3.63) is 17.7 Å². The van der Waals surface area contributed by atoms with E-state index in [4.69, 9.17) is 4.74 Å². The highest BCUT2D eigenvalue weighted by Crippen LogP contribution is 2.20. The fraction of sp³-hybridized carbons (Fsp3) is 0.769. The van der Waals surface area contributed by atoms with Gasteiger partial charge in [-0.3, -0.25) is 0 Å². The molecule has 2 atom stereocenters. The van der Waals surface area contributed by atoms with Crippen molar-refractivity contribution in [2.75, 3.05) is 6.61 Å². The highest BCUT2D eigenvalue weighted by atomic mass is 16.5. The molecule has 0 saturated carbocycles. The smallest absolute Gasteiger partial charge is 0.111 e. The molecule has 3 rings (SSSR count). The number of hydrogen-bond acceptors (Lipinski definition) is 3. The Balaban J connectivity index is 1.67. The van der Waals surface area contributed by atoms with Gasteiger partial charge in [-0.15, -0.1) is 0 Å². The summed E-state index contributed by atoms with van der Waals surface area (Å²) < 4.78 is 7.92. The molecule has 1 fully saturated rings. The van der Waals surface area contributed by atoms with Gasteiger partial charge in [0.15, 0.2) is 0 Å². The Morgan fingerprint density at radius 3 is 3.18 bits per heavy atom. The summed E-state index contributed by atoms with van der Waals surface area (Å²) in [5.74, 6) is 1.04. The van der Waals surface area contributed by atoms with Gasteiger partial charge in [-0.2, -0.15) is 0 Å². The van der Waals surface area contributed by atoms with Crippen LogP contribution in [0.5, 0.6) is 0 Å². The number of aliphatic hydroxyl groups excluding tert-OH is 1. The lowest BCUT2D eigenvalue weighted by Gasteiger charge is -2.21. The number of rotatable bonds is 2. The minimum absolute atomic E-state index is 0.205. The van der Waals surface area contributed by atoms with Crippen molar-refractivity contribution in [2.45, 2.75) is 57.3 Å². The molecule has 0 amide bonds. The van der Waals surface area contributed by atoms with Gasteiger partial charge >= 0.3 is 0 Å². The van der Waals surface area contributed by atoms with Crippen LogP contribution in [0, 0.1) is 0 Å². The minimum atomic E-state index is -0.205. The largest absolute Gasteiger partial charge is 0.393 e. The molecule has 1 aromatic heterocycles. The predicted octanol–water partition coefficient (Wildman–Crippen LogP) is 1.30. The summed E-state index contributed by atoms with van der Waals surface area (Å²) in [6.45, 7) is 1.80. The summed E-state index contributed by atoms with van der Waals surface area (Å²) in [4.78, 5) is 4.62. The summed E-state index contributed by atoms with van der Waals surface area (Å²) in [6, 6.07) is 0. The van der Waals surface area contributed by atoms with Crippen molar-refractivity contribution >= 4 is 0 Å². The highest BCUT2D eigenvalue weighted by molar-refractivity contribution is 5.08. The van der Waals surface area contributed by atoms with E-state index in [9.17, 15) is 5.11 Å². The van der Waals surface area contributed by atoms with Crippen molar-refractivity contribution in [3.8, 4) is 0 Å². The molecule has 0 radical (unpaired) electrons. The number of aryl methyl sites for hydroxylation is 1. The maximum absolute atomic E-state index is 9.61. The molecule has 1 aromatic rings. The second-order valence-corrected chi connectivity index (χ2v) is 5.18. The summed E-state index contributed by atoms with van der Waals surface area (Å²) in [5.41, 5.74) is 1.13. The van der Waals surface area contributed by atoms with Crippen LogP contribution in [0.4, 0.5) is 0 Å². The molecule has 4 nitrogen and oxygen atoms in total. The SMILES string of the molecule is OC1CCn2cc(CC3CCCCO3)nc2C1. The van der Waals surface area contributed by atoms with Crippen LogP contribution < -0.4 is 0 Å². The Bertz CT molecular complexity index is 383. The van der Waals surface area contributed by atoms with Crippen LogP contribution in [0.1, 0.15) is 37.2 Å². The van der Waals surface area contributed by atoms with E-state index in [1.54, 1.807) is 0 Å². The van der Waals surface area contributed by atoms with Crippen molar-refractivity contribution in [1.29, 1.82) is 0 Å². The Hall–Kier alpha value is -0.870. The number of hydrogen-bond donors (Lipinski definition) is 1. The average molecular weight is 236 g/mol. The zero-order chi connectivity index (χ0) is 11.7. The van der Waals surface area contributed by atoms with Crippen LogP contribution >= 0.6 is 0 Å². The van der Waals surface area contributed by atoms with Crippen LogP contribution in [0.15, 0.2) is 6.20 Å². The van der Waals surface area contributed by atoms with Gasteiger partial charge in [0.1, 0.15) is 5.82 Å². The van der Waals surface area contributed by atoms with Gasteiger partial charge < -0.3 is 14.4 Å². The Kier molecular flexibility index (Phi) is 3.16. The first-order valence-corrected chi connectivity index (χ1v) is 6.66. The van der Waals surface area contributed by atoms with Gasteiger partial charge in [0.2, 0.25) is 0 Å². The second-order valence-electron chi connectivity index (χ2n) is 5.18. The fourth-order valence-corrected chi connectivity index (χ4v) is 2.77. The summed E-state index contributed by atoms with van der Waals surface area (Å²) in [6.07, 6.45) is 8.39. The number of aromatic nitrogens is 2. The zero-order valence-electron chi connectivity index (χ0n) is 10.1. The summed E-state index contributed by atoms with van der Waals surface area (Å²) in [7, 11) is 0. The van der Waals surface area contributed by atoms with E-state index in [2.05, 4.69) is 15.7 Å². The van der Waals surface area contributed by atoms with Gasteiger partial charge in [-0.25, -0.2) is 4.98 Å². The number of aliphatic hydroxyl groups is 1. The molecule has 2 unspecified atom stereocenters. The van der Waals surface area contributed by atoms with E-state index < -0.39 is 0 Å². The first kappa shape index (κ1) is 11.2. The quantitative estimate of drug-likeness (QED) is 0.842. The van der Waals surface area contributed by atoms with Crippen LogP contribution in [-0.4, -0.2) is 33.5 Å². The van der Waals surface area contributed by atoms with E-state index >= 15 is 0 Å². The van der Waals surface area contributed by atoms with Crippen LogP contribution in [-0.2, 0) is 24.1 Å². The average Bonchev–Trinajstić information content (AvgIpc) is 2.71. The van der Waals surface area contributed by atoms with E-state index in [-0.39, 0.29) is 6.10 Å². The molecule has 0 spiro atoms. The number of nitrogens with zero attached hydrogens (tertiary/aromatic N) is 2. The lowest BCUT2D eigenvalue weighted by molar-refractivity contribution is 0.0163. The molecule has 4 heteroatoms. The maximum Gasteiger partial charge on any atom is 0.111 e. The molecule has 1 N–H and O–H groups in total. The molecule has 0 aromatic carbocycles. The third-order valence-corrected chi connectivity index (χ3v) is 3.74. The van der Waals surface area contributed by atoms with E-state index in [0.717, 1.165) is 43.9 Å². The Morgan fingerprint density at radius 1 is 1.41 bits per heavy atom. The first-order valence-electron chi connectivity index (χ1n) is 6.66. The Labute approximate surface area is 102 Å². The molecule has 2 aliphatic heterocycles. The molecular formula is C13H20N2O2. The van der Waals surface area contributed by atoms with Crippen molar-refractivity contribution in [2.24, 2.45) is 0 Å². The third-order valence-electron chi connectivity index (χ3n) is 3.74. The first-order chi connectivity index (χ1) is 8.31. The van der Waals surface area contributed by atoms with Crippen LogP contribution in [0.3, 0.4) is 0 Å². The second kappa shape index (κ2) is 4.78. The normalized spacial score (nSPS) is 29.0. The number of imidazole rings is 1. The fourth-order valence-electron chi connectivity index (χ4n) is 2.77. The van der Waals surface area contributed by atoms with E-state index in [1.165, 1.54) is 12.8 Å². The van der Waals surface area contributed by atoms with E-state index in [1.807, 2.05) is 0 Å². The third kappa shape index (κ3) is 2.53. The molecule has 17 heavy (non-hydrogen) atoms. The van der Waals surface area contributed by atoms with E-state index in [0.29, 0.717) is 12.5 Å².